The van der Waals surface area contributed by atoms with E-state index in [1.165, 1.54) is 5.56 Å². The first-order valence-electron chi connectivity index (χ1n) is 6.44. The fraction of sp³-hybridized carbons (Fsp3) is 0.188. The molecule has 1 atom stereocenters. The van der Waals surface area contributed by atoms with E-state index in [0.717, 1.165) is 28.8 Å². The number of hydrogen-bond donors (Lipinski definition) is 2. The molecule has 0 heterocycles. The number of nitrogens with two attached hydrogens (primary N) is 1. The third-order valence-electron chi connectivity index (χ3n) is 3.76. The summed E-state index contributed by atoms with van der Waals surface area (Å²) >= 11 is 0. The normalized spacial score (nSPS) is 17.4. The van der Waals surface area contributed by atoms with Crippen molar-refractivity contribution in [3.8, 4) is 11.1 Å². The van der Waals surface area contributed by atoms with E-state index in [0.29, 0.717) is 0 Å². The summed E-state index contributed by atoms with van der Waals surface area (Å²) in [5, 5.41) is 0. The van der Waals surface area contributed by atoms with Gasteiger partial charge >= 0.3 is 0 Å². The van der Waals surface area contributed by atoms with Crippen molar-refractivity contribution in [3.05, 3.63) is 53.6 Å². The number of rotatable bonds is 2. The van der Waals surface area contributed by atoms with Crippen molar-refractivity contribution in [2.24, 2.45) is 11.8 Å². The largest absolute Gasteiger partial charge is 0.324 e. The van der Waals surface area contributed by atoms with Gasteiger partial charge in [-0.2, -0.15) is 0 Å². The molecule has 2 aromatic rings. The fourth-order valence-corrected chi connectivity index (χ4v) is 2.72. The summed E-state index contributed by atoms with van der Waals surface area (Å²) in [4.78, 5) is 12.1. The average molecular weight is 252 g/mol. The molecule has 3 heteroatoms. The standard InChI is InChI=1S/C16H16N2O/c1-10-9-15-13(3-2-4-14(15)16(10)19)11-5-7-12(18-17)8-6-11/h2-8,10,18H,9,17H2,1H3. The van der Waals surface area contributed by atoms with Gasteiger partial charge in [-0.15, -0.1) is 0 Å². The zero-order valence-corrected chi connectivity index (χ0v) is 10.8. The molecule has 1 aliphatic carbocycles. The molecule has 2 aromatic carbocycles. The molecule has 3 nitrogen and oxygen atoms in total. The van der Waals surface area contributed by atoms with Crippen LogP contribution in [-0.4, -0.2) is 5.78 Å². The van der Waals surface area contributed by atoms with Crippen LogP contribution in [0.1, 0.15) is 22.8 Å². The van der Waals surface area contributed by atoms with Crippen molar-refractivity contribution in [3.63, 3.8) is 0 Å². The highest BCUT2D eigenvalue weighted by molar-refractivity contribution is 6.03. The van der Waals surface area contributed by atoms with Gasteiger partial charge in [-0.3, -0.25) is 10.6 Å². The quantitative estimate of drug-likeness (QED) is 0.638. The topological polar surface area (TPSA) is 55.1 Å². The van der Waals surface area contributed by atoms with Crippen LogP contribution in [0.15, 0.2) is 42.5 Å². The molecule has 1 aliphatic rings. The van der Waals surface area contributed by atoms with Crippen LogP contribution in [0.3, 0.4) is 0 Å². The monoisotopic (exact) mass is 252 g/mol. The van der Waals surface area contributed by atoms with Gasteiger partial charge in [0.05, 0.1) is 0 Å². The minimum Gasteiger partial charge on any atom is -0.324 e. The van der Waals surface area contributed by atoms with Gasteiger partial charge in [0.2, 0.25) is 0 Å². The van der Waals surface area contributed by atoms with E-state index in [4.69, 9.17) is 5.84 Å². The first-order valence-corrected chi connectivity index (χ1v) is 6.44. The van der Waals surface area contributed by atoms with Crippen LogP contribution in [-0.2, 0) is 6.42 Å². The Kier molecular flexibility index (Phi) is 2.84. The molecule has 0 aromatic heterocycles. The van der Waals surface area contributed by atoms with Crippen LogP contribution in [0.5, 0.6) is 0 Å². The molecule has 0 amide bonds. The van der Waals surface area contributed by atoms with Gasteiger partial charge in [-0.25, -0.2) is 0 Å². The summed E-state index contributed by atoms with van der Waals surface area (Å²) in [6.45, 7) is 1.99. The number of carbonyl (C=O) groups is 1. The molecule has 96 valence electrons. The lowest BCUT2D eigenvalue weighted by atomic mass is 9.96. The molecule has 19 heavy (non-hydrogen) atoms. The van der Waals surface area contributed by atoms with Crippen LogP contribution in [0, 0.1) is 5.92 Å². The second-order valence-corrected chi connectivity index (χ2v) is 5.02. The second kappa shape index (κ2) is 4.52. The first-order chi connectivity index (χ1) is 9.20. The third kappa shape index (κ3) is 1.92. The smallest absolute Gasteiger partial charge is 0.166 e. The zero-order valence-electron chi connectivity index (χ0n) is 10.8. The van der Waals surface area contributed by atoms with Gasteiger partial charge in [0.15, 0.2) is 5.78 Å². The molecule has 0 saturated heterocycles. The fourth-order valence-electron chi connectivity index (χ4n) is 2.72. The SMILES string of the molecule is CC1Cc2c(cccc2-c2ccc(NN)cc2)C1=O. The first kappa shape index (κ1) is 11.9. The summed E-state index contributed by atoms with van der Waals surface area (Å²) in [6.07, 6.45) is 0.835. The van der Waals surface area contributed by atoms with Gasteiger partial charge in [-0.1, -0.05) is 37.3 Å². The Hall–Kier alpha value is -2.13. The number of fused-ring (bicyclic) bond motifs is 1. The Morgan fingerprint density at radius 1 is 1.11 bits per heavy atom. The number of nitrogens with one attached hydrogen (secondary N) is 1. The Morgan fingerprint density at radius 2 is 1.79 bits per heavy atom. The maximum atomic E-state index is 12.1. The van der Waals surface area contributed by atoms with Crippen LogP contribution >= 0.6 is 0 Å². The van der Waals surface area contributed by atoms with Crippen molar-refractivity contribution in [2.45, 2.75) is 13.3 Å². The van der Waals surface area contributed by atoms with Crippen LogP contribution in [0.25, 0.3) is 11.1 Å². The van der Waals surface area contributed by atoms with Crippen molar-refractivity contribution < 1.29 is 4.79 Å². The van der Waals surface area contributed by atoms with Gasteiger partial charge in [0.1, 0.15) is 0 Å². The van der Waals surface area contributed by atoms with E-state index in [2.05, 4.69) is 11.5 Å². The number of anilines is 1. The Bertz CT molecular complexity index is 632. The summed E-state index contributed by atoms with van der Waals surface area (Å²) in [6, 6.07) is 13.9. The summed E-state index contributed by atoms with van der Waals surface area (Å²) in [5.74, 6) is 5.73. The summed E-state index contributed by atoms with van der Waals surface area (Å²) in [5.41, 5.74) is 7.82. The molecule has 0 spiro atoms. The van der Waals surface area contributed by atoms with E-state index in [-0.39, 0.29) is 11.7 Å². The maximum Gasteiger partial charge on any atom is 0.166 e. The molecular weight excluding hydrogens is 236 g/mol. The Balaban J connectivity index is 2.09. The van der Waals surface area contributed by atoms with Gasteiger partial charge in [0, 0.05) is 17.2 Å². The lowest BCUT2D eigenvalue weighted by molar-refractivity contribution is 0.0946. The van der Waals surface area contributed by atoms with Crippen molar-refractivity contribution >= 4 is 11.5 Å². The van der Waals surface area contributed by atoms with Gasteiger partial charge in [-0.05, 0) is 35.2 Å². The molecule has 0 bridgehead atoms. The van der Waals surface area contributed by atoms with Crippen LogP contribution in [0.4, 0.5) is 5.69 Å². The van der Waals surface area contributed by atoms with E-state index < -0.39 is 0 Å². The molecule has 3 N–H and O–H groups in total. The summed E-state index contributed by atoms with van der Waals surface area (Å²) in [7, 11) is 0. The van der Waals surface area contributed by atoms with Crippen molar-refractivity contribution in [1.82, 2.24) is 0 Å². The molecule has 0 aliphatic heterocycles. The van der Waals surface area contributed by atoms with E-state index in [9.17, 15) is 4.79 Å². The number of Topliss-reactive ketones (excluding diaryl/α,β-unsaturated/α-hetero) is 1. The lowest BCUT2D eigenvalue weighted by Crippen LogP contribution is -2.06. The van der Waals surface area contributed by atoms with Gasteiger partial charge in [0.25, 0.3) is 0 Å². The molecule has 3 rings (SSSR count). The van der Waals surface area contributed by atoms with Crippen LogP contribution in [0.2, 0.25) is 0 Å². The highest BCUT2D eigenvalue weighted by Crippen LogP contribution is 2.35. The lowest BCUT2D eigenvalue weighted by Gasteiger charge is -2.09. The molecular formula is C16H16N2O. The molecule has 1 unspecified atom stereocenters. The highest BCUT2D eigenvalue weighted by Gasteiger charge is 2.28. The Labute approximate surface area is 112 Å². The zero-order chi connectivity index (χ0) is 13.4. The highest BCUT2D eigenvalue weighted by atomic mass is 16.1. The Morgan fingerprint density at radius 3 is 2.47 bits per heavy atom. The number of nitrogen functional groups attached to an aromatic ring is 1. The van der Waals surface area contributed by atoms with Crippen molar-refractivity contribution in [1.29, 1.82) is 0 Å². The number of ketones is 1. The van der Waals surface area contributed by atoms with E-state index in [1.807, 2.05) is 43.3 Å². The summed E-state index contributed by atoms with van der Waals surface area (Å²) < 4.78 is 0. The van der Waals surface area contributed by atoms with E-state index >= 15 is 0 Å². The third-order valence-corrected chi connectivity index (χ3v) is 3.76. The number of benzene rings is 2. The number of carbonyl (C=O) groups excluding carboxylic acids is 1. The minimum atomic E-state index is 0.0983. The van der Waals surface area contributed by atoms with Gasteiger partial charge < -0.3 is 5.43 Å². The van der Waals surface area contributed by atoms with Crippen molar-refractivity contribution in [2.75, 3.05) is 5.43 Å². The van der Waals surface area contributed by atoms with E-state index in [1.54, 1.807) is 0 Å². The number of hydrogen-bond acceptors (Lipinski definition) is 3. The number of hydrazine groups is 1. The maximum absolute atomic E-state index is 12.1. The minimum absolute atomic E-state index is 0.0983. The predicted octanol–water partition coefficient (Wildman–Crippen LogP) is 3.01. The molecule has 0 fully saturated rings. The predicted molar refractivity (Wildman–Crippen MR) is 76.9 cm³/mol. The average Bonchev–Trinajstić information content (AvgIpc) is 2.75. The second-order valence-electron chi connectivity index (χ2n) is 5.02. The molecule has 0 radical (unpaired) electrons. The van der Waals surface area contributed by atoms with Crippen LogP contribution < -0.4 is 11.3 Å². The molecule has 0 saturated carbocycles.